The molecule has 0 aromatic heterocycles. The van der Waals surface area contributed by atoms with Gasteiger partial charge >= 0.3 is 0 Å². The number of ether oxygens (including phenoxy) is 2. The summed E-state index contributed by atoms with van der Waals surface area (Å²) < 4.78 is 10.8. The zero-order valence-electron chi connectivity index (χ0n) is 14.1. The SMILES string of the molecule is CCCN(CCC)C(C)(N)Cc1cc(OC)ccc1OC. The van der Waals surface area contributed by atoms with Gasteiger partial charge in [0.25, 0.3) is 0 Å². The third-order valence-electron chi connectivity index (χ3n) is 3.75. The fraction of sp³-hybridized carbons (Fsp3) is 0.647. The van der Waals surface area contributed by atoms with Crippen LogP contribution in [-0.4, -0.2) is 37.9 Å². The summed E-state index contributed by atoms with van der Waals surface area (Å²) in [5, 5.41) is 0. The summed E-state index contributed by atoms with van der Waals surface area (Å²) in [5.74, 6) is 1.69. The van der Waals surface area contributed by atoms with Gasteiger partial charge in [0.1, 0.15) is 11.5 Å². The van der Waals surface area contributed by atoms with Crippen molar-refractivity contribution in [2.75, 3.05) is 27.3 Å². The van der Waals surface area contributed by atoms with E-state index in [4.69, 9.17) is 15.2 Å². The lowest BCUT2D eigenvalue weighted by molar-refractivity contribution is 0.107. The van der Waals surface area contributed by atoms with E-state index in [-0.39, 0.29) is 0 Å². The van der Waals surface area contributed by atoms with Crippen molar-refractivity contribution < 1.29 is 9.47 Å². The maximum atomic E-state index is 6.61. The van der Waals surface area contributed by atoms with Gasteiger partial charge in [-0.3, -0.25) is 4.90 Å². The number of hydrogen-bond acceptors (Lipinski definition) is 4. The van der Waals surface area contributed by atoms with Crippen molar-refractivity contribution in [3.8, 4) is 11.5 Å². The molecule has 0 aliphatic carbocycles. The summed E-state index contributed by atoms with van der Waals surface area (Å²) in [6.07, 6.45) is 2.93. The lowest BCUT2D eigenvalue weighted by atomic mass is 9.98. The predicted molar refractivity (Wildman–Crippen MR) is 88.0 cm³/mol. The fourth-order valence-electron chi connectivity index (χ4n) is 2.68. The number of benzene rings is 1. The highest BCUT2D eigenvalue weighted by Crippen LogP contribution is 2.28. The van der Waals surface area contributed by atoms with Gasteiger partial charge in [-0.05, 0) is 51.1 Å². The second-order valence-electron chi connectivity index (χ2n) is 5.70. The van der Waals surface area contributed by atoms with Crippen LogP contribution < -0.4 is 15.2 Å². The molecule has 2 N–H and O–H groups in total. The molecule has 1 rings (SSSR count). The molecule has 4 nitrogen and oxygen atoms in total. The molecule has 1 atom stereocenters. The molecule has 21 heavy (non-hydrogen) atoms. The average molecular weight is 294 g/mol. The van der Waals surface area contributed by atoms with Crippen LogP contribution in [0.2, 0.25) is 0 Å². The topological polar surface area (TPSA) is 47.7 Å². The Kier molecular flexibility index (Phi) is 6.99. The second-order valence-corrected chi connectivity index (χ2v) is 5.70. The first-order valence-electron chi connectivity index (χ1n) is 7.73. The van der Waals surface area contributed by atoms with E-state index < -0.39 is 5.66 Å². The Morgan fingerprint density at radius 1 is 1.10 bits per heavy atom. The van der Waals surface area contributed by atoms with Crippen molar-refractivity contribution >= 4 is 0 Å². The van der Waals surface area contributed by atoms with Gasteiger partial charge in [0.2, 0.25) is 0 Å². The van der Waals surface area contributed by atoms with E-state index in [1.807, 2.05) is 18.2 Å². The van der Waals surface area contributed by atoms with Crippen molar-refractivity contribution in [3.63, 3.8) is 0 Å². The Labute approximate surface area is 129 Å². The van der Waals surface area contributed by atoms with Crippen molar-refractivity contribution in [1.82, 2.24) is 4.90 Å². The largest absolute Gasteiger partial charge is 0.497 e. The smallest absolute Gasteiger partial charge is 0.122 e. The fourth-order valence-corrected chi connectivity index (χ4v) is 2.68. The van der Waals surface area contributed by atoms with Gasteiger partial charge < -0.3 is 15.2 Å². The van der Waals surface area contributed by atoms with Crippen LogP contribution in [0.1, 0.15) is 39.2 Å². The molecule has 0 bridgehead atoms. The number of hydrogen-bond donors (Lipinski definition) is 1. The number of nitrogens with two attached hydrogens (primary N) is 1. The molecule has 1 aromatic carbocycles. The van der Waals surface area contributed by atoms with Gasteiger partial charge in [0.05, 0.1) is 19.9 Å². The summed E-state index contributed by atoms with van der Waals surface area (Å²) in [4.78, 5) is 2.35. The number of rotatable bonds is 9. The number of methoxy groups -OCH3 is 2. The number of nitrogens with zero attached hydrogens (tertiary/aromatic N) is 1. The lowest BCUT2D eigenvalue weighted by Gasteiger charge is -2.38. The molecule has 0 aliphatic rings. The summed E-state index contributed by atoms with van der Waals surface area (Å²) in [5.41, 5.74) is 7.30. The van der Waals surface area contributed by atoms with E-state index in [2.05, 4.69) is 25.7 Å². The standard InChI is InChI=1S/C17H30N2O2/c1-6-10-19(11-7-2)17(3,18)13-14-12-15(20-4)8-9-16(14)21-5/h8-9,12H,6-7,10-11,13,18H2,1-5H3. The third-order valence-corrected chi connectivity index (χ3v) is 3.75. The summed E-state index contributed by atoms with van der Waals surface area (Å²) in [6.45, 7) is 8.48. The van der Waals surface area contributed by atoms with Gasteiger partial charge in [-0.2, -0.15) is 0 Å². The lowest BCUT2D eigenvalue weighted by Crippen LogP contribution is -2.55. The van der Waals surface area contributed by atoms with E-state index in [0.29, 0.717) is 0 Å². The molecule has 4 heteroatoms. The van der Waals surface area contributed by atoms with Crippen molar-refractivity contribution in [3.05, 3.63) is 23.8 Å². The average Bonchev–Trinajstić information content (AvgIpc) is 2.46. The first kappa shape index (κ1) is 17.8. The monoisotopic (exact) mass is 294 g/mol. The Balaban J connectivity index is 2.99. The molecule has 1 aromatic rings. The molecule has 0 aliphatic heterocycles. The molecular formula is C17H30N2O2. The highest BCUT2D eigenvalue weighted by Gasteiger charge is 2.27. The molecule has 1 unspecified atom stereocenters. The van der Waals surface area contributed by atoms with Crippen LogP contribution in [0.15, 0.2) is 18.2 Å². The first-order valence-corrected chi connectivity index (χ1v) is 7.73. The summed E-state index contributed by atoms with van der Waals surface area (Å²) in [6, 6.07) is 5.86. The van der Waals surface area contributed by atoms with Crippen molar-refractivity contribution in [2.45, 2.75) is 45.7 Å². The summed E-state index contributed by atoms with van der Waals surface area (Å²) >= 11 is 0. The minimum Gasteiger partial charge on any atom is -0.497 e. The van der Waals surface area contributed by atoms with Gasteiger partial charge in [0.15, 0.2) is 0 Å². The van der Waals surface area contributed by atoms with Crippen molar-refractivity contribution in [2.24, 2.45) is 5.73 Å². The van der Waals surface area contributed by atoms with E-state index >= 15 is 0 Å². The molecule has 0 heterocycles. The Bertz CT molecular complexity index is 427. The Morgan fingerprint density at radius 2 is 1.71 bits per heavy atom. The van der Waals surface area contributed by atoms with Gasteiger partial charge in [0, 0.05) is 12.0 Å². The quantitative estimate of drug-likeness (QED) is 0.711. The van der Waals surface area contributed by atoms with Crippen LogP contribution in [-0.2, 0) is 6.42 Å². The predicted octanol–water partition coefficient (Wildman–Crippen LogP) is 3.04. The first-order chi connectivity index (χ1) is 9.98. The highest BCUT2D eigenvalue weighted by atomic mass is 16.5. The van der Waals surface area contributed by atoms with E-state index in [9.17, 15) is 0 Å². The van der Waals surface area contributed by atoms with Gasteiger partial charge in [-0.15, -0.1) is 0 Å². The minimum absolute atomic E-state index is 0.397. The van der Waals surface area contributed by atoms with Crippen LogP contribution in [0.5, 0.6) is 11.5 Å². The molecular weight excluding hydrogens is 264 g/mol. The van der Waals surface area contributed by atoms with Crippen LogP contribution in [0.4, 0.5) is 0 Å². The van der Waals surface area contributed by atoms with Crippen LogP contribution in [0.25, 0.3) is 0 Å². The second kappa shape index (κ2) is 8.25. The third kappa shape index (κ3) is 4.90. The molecule has 0 saturated heterocycles. The minimum atomic E-state index is -0.397. The van der Waals surface area contributed by atoms with E-state index in [1.165, 1.54) is 0 Å². The summed E-state index contributed by atoms with van der Waals surface area (Å²) in [7, 11) is 3.36. The zero-order chi connectivity index (χ0) is 15.9. The Morgan fingerprint density at radius 3 is 2.19 bits per heavy atom. The molecule has 0 fully saturated rings. The van der Waals surface area contributed by atoms with Gasteiger partial charge in [-0.1, -0.05) is 13.8 Å². The molecule has 0 saturated carbocycles. The van der Waals surface area contributed by atoms with E-state index in [0.717, 1.165) is 49.4 Å². The molecule has 0 amide bonds. The highest BCUT2D eigenvalue weighted by molar-refractivity contribution is 5.41. The van der Waals surface area contributed by atoms with Crippen LogP contribution >= 0.6 is 0 Å². The van der Waals surface area contributed by atoms with E-state index in [1.54, 1.807) is 14.2 Å². The normalized spacial score (nSPS) is 14.0. The zero-order valence-corrected chi connectivity index (χ0v) is 14.1. The van der Waals surface area contributed by atoms with Crippen LogP contribution in [0, 0.1) is 0 Å². The maximum Gasteiger partial charge on any atom is 0.122 e. The molecule has 0 spiro atoms. The maximum absolute atomic E-state index is 6.61. The molecule has 0 radical (unpaired) electrons. The molecule has 120 valence electrons. The van der Waals surface area contributed by atoms with Crippen molar-refractivity contribution in [1.29, 1.82) is 0 Å². The van der Waals surface area contributed by atoms with Crippen LogP contribution in [0.3, 0.4) is 0 Å². The Hall–Kier alpha value is -1.26. The van der Waals surface area contributed by atoms with Gasteiger partial charge in [-0.25, -0.2) is 0 Å².